The minimum Gasteiger partial charge on any atom is -0.373 e. The number of benzene rings is 1. The summed E-state index contributed by atoms with van der Waals surface area (Å²) in [5, 5.41) is 7.07. The highest BCUT2D eigenvalue weighted by atomic mass is 16.1. The zero-order chi connectivity index (χ0) is 14.8. The monoisotopic (exact) mass is 283 g/mol. The second-order valence-electron chi connectivity index (χ2n) is 5.78. The summed E-state index contributed by atoms with van der Waals surface area (Å²) in [6.07, 6.45) is 3.73. The first-order valence-electron chi connectivity index (χ1n) is 7.57. The van der Waals surface area contributed by atoms with Crippen molar-refractivity contribution in [3.05, 3.63) is 35.9 Å². The Labute approximate surface area is 125 Å². The largest absolute Gasteiger partial charge is 0.373 e. The number of anilines is 1. The first-order valence-corrected chi connectivity index (χ1v) is 7.57. The van der Waals surface area contributed by atoms with Crippen LogP contribution in [0.2, 0.25) is 0 Å². The molecule has 1 unspecified atom stereocenters. The summed E-state index contributed by atoms with van der Waals surface area (Å²) in [7, 11) is 1.82. The fourth-order valence-corrected chi connectivity index (χ4v) is 2.83. The van der Waals surface area contributed by atoms with E-state index in [1.165, 1.54) is 19.3 Å². The van der Waals surface area contributed by atoms with Gasteiger partial charge >= 0.3 is 0 Å². The summed E-state index contributed by atoms with van der Waals surface area (Å²) in [5.41, 5.74) is 1.53. The van der Waals surface area contributed by atoms with Crippen molar-refractivity contribution in [2.75, 3.05) is 12.4 Å². The molecular weight excluding hydrogens is 262 g/mol. The van der Waals surface area contributed by atoms with Crippen LogP contribution in [-0.4, -0.2) is 24.0 Å². The molecule has 0 radical (unpaired) electrons. The zero-order valence-corrected chi connectivity index (χ0v) is 12.5. The topological polar surface area (TPSA) is 54.0 Å². The van der Waals surface area contributed by atoms with Crippen molar-refractivity contribution in [3.8, 4) is 0 Å². The van der Waals surface area contributed by atoms with E-state index in [9.17, 15) is 4.79 Å². The van der Waals surface area contributed by atoms with E-state index in [2.05, 4.69) is 22.5 Å². The third kappa shape index (κ3) is 2.71. The van der Waals surface area contributed by atoms with Gasteiger partial charge in [0.2, 0.25) is 0 Å². The lowest BCUT2D eigenvalue weighted by atomic mass is 9.80. The van der Waals surface area contributed by atoms with Crippen LogP contribution in [0.15, 0.2) is 30.3 Å². The first kappa shape index (κ1) is 13.9. The Balaban J connectivity index is 1.92. The summed E-state index contributed by atoms with van der Waals surface area (Å²) in [5.74, 6) is 1.34. The maximum absolute atomic E-state index is 12.6. The van der Waals surface area contributed by atoms with Crippen molar-refractivity contribution >= 4 is 22.6 Å². The lowest BCUT2D eigenvalue weighted by molar-refractivity contribution is 0.0911. The number of aromatic nitrogens is 1. The van der Waals surface area contributed by atoms with E-state index in [1.807, 2.05) is 37.4 Å². The molecule has 1 aromatic carbocycles. The predicted molar refractivity (Wildman–Crippen MR) is 85.6 cm³/mol. The fraction of sp³-hybridized carbons (Fsp3) is 0.412. The minimum absolute atomic E-state index is 0.00972. The Kier molecular flexibility index (Phi) is 3.78. The summed E-state index contributed by atoms with van der Waals surface area (Å²) >= 11 is 0. The van der Waals surface area contributed by atoms with E-state index < -0.39 is 0 Å². The van der Waals surface area contributed by atoms with Crippen molar-refractivity contribution in [2.24, 2.45) is 5.92 Å². The third-order valence-corrected chi connectivity index (χ3v) is 4.43. The third-order valence-electron chi connectivity index (χ3n) is 4.43. The highest BCUT2D eigenvalue weighted by Crippen LogP contribution is 2.29. The molecule has 2 N–H and O–H groups in total. The van der Waals surface area contributed by atoms with Gasteiger partial charge in [-0.2, -0.15) is 0 Å². The van der Waals surface area contributed by atoms with E-state index in [0.717, 1.165) is 16.7 Å². The minimum atomic E-state index is -0.00972. The Morgan fingerprint density at radius 2 is 2.10 bits per heavy atom. The summed E-state index contributed by atoms with van der Waals surface area (Å²) in [6.45, 7) is 2.10. The average molecular weight is 283 g/mol. The van der Waals surface area contributed by atoms with Gasteiger partial charge in [-0.15, -0.1) is 0 Å². The number of rotatable bonds is 4. The summed E-state index contributed by atoms with van der Waals surface area (Å²) in [6, 6.07) is 9.82. The van der Waals surface area contributed by atoms with Crippen LogP contribution in [0.3, 0.4) is 0 Å². The van der Waals surface area contributed by atoms with Gasteiger partial charge in [0.05, 0.1) is 11.1 Å². The molecule has 1 fully saturated rings. The number of hydrogen-bond donors (Lipinski definition) is 2. The summed E-state index contributed by atoms with van der Waals surface area (Å²) in [4.78, 5) is 17.1. The molecule has 4 nitrogen and oxygen atoms in total. The number of carbonyl (C=O) groups excluding carboxylic acids is 1. The van der Waals surface area contributed by atoms with Crippen molar-refractivity contribution < 1.29 is 4.79 Å². The number of carbonyl (C=O) groups is 1. The van der Waals surface area contributed by atoms with Gasteiger partial charge in [-0.1, -0.05) is 24.6 Å². The van der Waals surface area contributed by atoms with Crippen molar-refractivity contribution in [3.63, 3.8) is 0 Å². The van der Waals surface area contributed by atoms with Gasteiger partial charge in [-0.05, 0) is 37.8 Å². The predicted octanol–water partition coefficient (Wildman–Crippen LogP) is 3.19. The quantitative estimate of drug-likeness (QED) is 0.906. The highest BCUT2D eigenvalue weighted by molar-refractivity contribution is 6.07. The molecule has 1 amide bonds. The average Bonchev–Trinajstić information content (AvgIpc) is 2.43. The van der Waals surface area contributed by atoms with Crippen LogP contribution >= 0.6 is 0 Å². The molecule has 1 aliphatic carbocycles. The first-order chi connectivity index (χ1) is 10.2. The van der Waals surface area contributed by atoms with Crippen molar-refractivity contribution in [2.45, 2.75) is 32.2 Å². The fourth-order valence-electron chi connectivity index (χ4n) is 2.83. The molecule has 1 aromatic heterocycles. The normalized spacial score (nSPS) is 16.3. The summed E-state index contributed by atoms with van der Waals surface area (Å²) < 4.78 is 0. The van der Waals surface area contributed by atoms with E-state index in [-0.39, 0.29) is 11.9 Å². The molecule has 110 valence electrons. The molecule has 4 heteroatoms. The standard InChI is InChI=1S/C17H21N3O/c1-11(12-6-5-7-12)19-17(21)14-10-16(18-2)20-15-9-4-3-8-13(14)15/h3-4,8-12H,5-7H2,1-2H3,(H,18,20)(H,19,21). The van der Waals surface area contributed by atoms with Crippen LogP contribution in [0.1, 0.15) is 36.5 Å². The molecule has 0 spiro atoms. The molecule has 0 bridgehead atoms. The van der Waals surface area contributed by atoms with Gasteiger partial charge in [-0.25, -0.2) is 4.98 Å². The molecule has 0 saturated heterocycles. The number of fused-ring (bicyclic) bond motifs is 1. The van der Waals surface area contributed by atoms with Gasteiger partial charge < -0.3 is 10.6 Å². The molecule has 2 aromatic rings. The van der Waals surface area contributed by atoms with Gasteiger partial charge in [0.1, 0.15) is 5.82 Å². The molecular formula is C17H21N3O. The van der Waals surface area contributed by atoms with Crippen LogP contribution in [-0.2, 0) is 0 Å². The number of hydrogen-bond acceptors (Lipinski definition) is 3. The molecule has 0 aliphatic heterocycles. The van der Waals surface area contributed by atoms with Gasteiger partial charge in [0, 0.05) is 18.5 Å². The van der Waals surface area contributed by atoms with Crippen LogP contribution in [0.5, 0.6) is 0 Å². The van der Waals surface area contributed by atoms with Crippen LogP contribution in [0.4, 0.5) is 5.82 Å². The molecule has 1 heterocycles. The Morgan fingerprint density at radius 1 is 1.33 bits per heavy atom. The van der Waals surface area contributed by atoms with Crippen molar-refractivity contribution in [1.29, 1.82) is 0 Å². The van der Waals surface area contributed by atoms with Gasteiger partial charge in [0.25, 0.3) is 5.91 Å². The molecule has 21 heavy (non-hydrogen) atoms. The second kappa shape index (κ2) is 5.72. The molecule has 1 aliphatic rings. The maximum Gasteiger partial charge on any atom is 0.252 e. The lowest BCUT2D eigenvalue weighted by Gasteiger charge is -2.32. The SMILES string of the molecule is CNc1cc(C(=O)NC(C)C2CCC2)c2ccccc2n1. The zero-order valence-electron chi connectivity index (χ0n) is 12.5. The van der Waals surface area contributed by atoms with Crippen LogP contribution in [0, 0.1) is 5.92 Å². The molecule has 3 rings (SSSR count). The van der Waals surface area contributed by atoms with E-state index in [4.69, 9.17) is 0 Å². The maximum atomic E-state index is 12.6. The van der Waals surface area contributed by atoms with Crippen molar-refractivity contribution in [1.82, 2.24) is 10.3 Å². The van der Waals surface area contributed by atoms with Crippen LogP contribution < -0.4 is 10.6 Å². The molecule has 1 saturated carbocycles. The number of pyridine rings is 1. The van der Waals surface area contributed by atoms with E-state index >= 15 is 0 Å². The Hall–Kier alpha value is -2.10. The Morgan fingerprint density at radius 3 is 2.76 bits per heavy atom. The van der Waals surface area contributed by atoms with Gasteiger partial charge in [0.15, 0.2) is 0 Å². The number of amides is 1. The number of para-hydroxylation sites is 1. The van der Waals surface area contributed by atoms with E-state index in [0.29, 0.717) is 11.5 Å². The second-order valence-corrected chi connectivity index (χ2v) is 5.78. The van der Waals surface area contributed by atoms with Gasteiger partial charge in [-0.3, -0.25) is 4.79 Å². The lowest BCUT2D eigenvalue weighted by Crippen LogP contribution is -2.40. The molecule has 1 atom stereocenters. The van der Waals surface area contributed by atoms with Crippen LogP contribution in [0.25, 0.3) is 10.9 Å². The smallest absolute Gasteiger partial charge is 0.252 e. The van der Waals surface area contributed by atoms with E-state index in [1.54, 1.807) is 0 Å². The highest BCUT2D eigenvalue weighted by Gasteiger charge is 2.25. The number of nitrogens with zero attached hydrogens (tertiary/aromatic N) is 1. The number of nitrogens with one attached hydrogen (secondary N) is 2. The Bertz CT molecular complexity index is 664.